The Morgan fingerprint density at radius 1 is 1.42 bits per heavy atom. The maximum atomic E-state index is 13.6. The van der Waals surface area contributed by atoms with E-state index in [0.717, 1.165) is 5.56 Å². The van der Waals surface area contributed by atoms with Crippen molar-refractivity contribution in [3.05, 3.63) is 53.6 Å². The molecular weight excluding hydrogens is 243 g/mol. The van der Waals surface area contributed by atoms with Crippen LogP contribution >= 0.6 is 0 Å². The molecule has 1 aromatic carbocycles. The van der Waals surface area contributed by atoms with Crippen LogP contribution in [0.5, 0.6) is 0 Å². The van der Waals surface area contributed by atoms with Gasteiger partial charge in [0.25, 0.3) is 0 Å². The minimum Gasteiger partial charge on any atom is -0.329 e. The third kappa shape index (κ3) is 3.19. The van der Waals surface area contributed by atoms with Crippen LogP contribution in [0.2, 0.25) is 0 Å². The lowest BCUT2D eigenvalue weighted by Crippen LogP contribution is -2.30. The van der Waals surface area contributed by atoms with E-state index in [0.29, 0.717) is 18.7 Å². The maximum Gasteiger partial charge on any atom is 0.127 e. The summed E-state index contributed by atoms with van der Waals surface area (Å²) in [4.78, 5) is 2.04. The first-order valence-corrected chi connectivity index (χ1v) is 6.24. The van der Waals surface area contributed by atoms with Gasteiger partial charge in [-0.25, -0.2) is 4.39 Å². The molecule has 0 saturated heterocycles. The fourth-order valence-corrected chi connectivity index (χ4v) is 2.19. The lowest BCUT2D eigenvalue weighted by molar-refractivity contribution is 0.238. The van der Waals surface area contributed by atoms with Crippen molar-refractivity contribution in [1.82, 2.24) is 14.7 Å². The summed E-state index contributed by atoms with van der Waals surface area (Å²) in [6.45, 7) is 0.986. The monoisotopic (exact) mass is 262 g/mol. The van der Waals surface area contributed by atoms with Crippen LogP contribution in [0.15, 0.2) is 36.7 Å². The van der Waals surface area contributed by atoms with Crippen LogP contribution in [0.4, 0.5) is 4.39 Å². The highest BCUT2D eigenvalue weighted by Gasteiger charge is 2.18. The van der Waals surface area contributed by atoms with E-state index in [1.54, 1.807) is 23.0 Å². The van der Waals surface area contributed by atoms with Gasteiger partial charge in [0, 0.05) is 37.5 Å². The minimum atomic E-state index is -0.184. The molecule has 2 N–H and O–H groups in total. The Morgan fingerprint density at radius 2 is 2.16 bits per heavy atom. The molecule has 4 nitrogen and oxygen atoms in total. The Labute approximate surface area is 112 Å². The summed E-state index contributed by atoms with van der Waals surface area (Å²) in [6.07, 6.45) is 3.74. The van der Waals surface area contributed by atoms with Gasteiger partial charge in [0.15, 0.2) is 0 Å². The van der Waals surface area contributed by atoms with Gasteiger partial charge in [0.2, 0.25) is 0 Å². The second kappa shape index (κ2) is 5.95. The van der Waals surface area contributed by atoms with E-state index < -0.39 is 0 Å². The number of nitrogens with two attached hydrogens (primary N) is 1. The van der Waals surface area contributed by atoms with Crippen molar-refractivity contribution < 1.29 is 4.39 Å². The average molecular weight is 262 g/mol. The summed E-state index contributed by atoms with van der Waals surface area (Å²) < 4.78 is 15.4. The molecule has 0 radical (unpaired) electrons. The molecule has 1 atom stereocenters. The maximum absolute atomic E-state index is 13.6. The zero-order chi connectivity index (χ0) is 13.8. The van der Waals surface area contributed by atoms with E-state index >= 15 is 0 Å². The van der Waals surface area contributed by atoms with Crippen LogP contribution in [0.1, 0.15) is 17.2 Å². The second-order valence-corrected chi connectivity index (χ2v) is 4.71. The van der Waals surface area contributed by atoms with E-state index in [9.17, 15) is 4.39 Å². The zero-order valence-electron chi connectivity index (χ0n) is 11.3. The smallest absolute Gasteiger partial charge is 0.127 e. The number of aryl methyl sites for hydroxylation is 1. The van der Waals surface area contributed by atoms with Crippen LogP contribution in [0.3, 0.4) is 0 Å². The van der Waals surface area contributed by atoms with E-state index in [4.69, 9.17) is 5.73 Å². The number of halogens is 1. The van der Waals surface area contributed by atoms with Gasteiger partial charge in [-0.05, 0) is 13.1 Å². The van der Waals surface area contributed by atoms with Gasteiger partial charge < -0.3 is 5.73 Å². The number of rotatable bonds is 5. The van der Waals surface area contributed by atoms with Crippen molar-refractivity contribution >= 4 is 0 Å². The van der Waals surface area contributed by atoms with Crippen LogP contribution < -0.4 is 5.73 Å². The third-order valence-electron chi connectivity index (χ3n) is 3.24. The summed E-state index contributed by atoms with van der Waals surface area (Å²) in [5.41, 5.74) is 7.55. The van der Waals surface area contributed by atoms with E-state index in [2.05, 4.69) is 5.10 Å². The Morgan fingerprint density at radius 3 is 2.74 bits per heavy atom. The van der Waals surface area contributed by atoms with Gasteiger partial charge >= 0.3 is 0 Å². The van der Waals surface area contributed by atoms with Gasteiger partial charge in [-0.2, -0.15) is 5.10 Å². The quantitative estimate of drug-likeness (QED) is 0.892. The predicted molar refractivity (Wildman–Crippen MR) is 72.9 cm³/mol. The topological polar surface area (TPSA) is 47.1 Å². The van der Waals surface area contributed by atoms with Crippen molar-refractivity contribution in [2.45, 2.75) is 12.6 Å². The van der Waals surface area contributed by atoms with Gasteiger partial charge in [-0.1, -0.05) is 18.2 Å². The molecule has 0 aliphatic rings. The van der Waals surface area contributed by atoms with Crippen molar-refractivity contribution in [3.8, 4) is 0 Å². The van der Waals surface area contributed by atoms with Crippen molar-refractivity contribution in [3.63, 3.8) is 0 Å². The molecular formula is C14H19FN4. The minimum absolute atomic E-state index is 0.0355. The molecule has 0 aliphatic carbocycles. The first-order chi connectivity index (χ1) is 9.11. The van der Waals surface area contributed by atoms with Gasteiger partial charge in [0.05, 0.1) is 12.2 Å². The molecule has 0 aliphatic heterocycles. The Balaban J connectivity index is 2.13. The summed E-state index contributed by atoms with van der Waals surface area (Å²) in [7, 11) is 3.81. The SMILES string of the molecule is CN(Cc1ccccc1F)C(CN)c1cnn(C)c1. The van der Waals surface area contributed by atoms with E-state index in [1.165, 1.54) is 6.07 Å². The number of hydrogen-bond acceptors (Lipinski definition) is 3. The molecule has 2 rings (SSSR count). The summed E-state index contributed by atoms with van der Waals surface area (Å²) in [6, 6.07) is 6.84. The summed E-state index contributed by atoms with van der Waals surface area (Å²) in [5, 5.41) is 4.15. The van der Waals surface area contributed by atoms with Crippen LogP contribution in [0.25, 0.3) is 0 Å². The molecule has 19 heavy (non-hydrogen) atoms. The van der Waals surface area contributed by atoms with E-state index in [1.807, 2.05) is 31.3 Å². The predicted octanol–water partition coefficient (Wildman–Crippen LogP) is 1.69. The average Bonchev–Trinajstić information content (AvgIpc) is 2.80. The first kappa shape index (κ1) is 13.7. The third-order valence-corrected chi connectivity index (χ3v) is 3.24. The standard InChI is InChI=1S/C14H19FN4/c1-18(9-11-5-3-4-6-13(11)15)14(7-16)12-8-17-19(2)10-12/h3-6,8,10,14H,7,9,16H2,1-2H3. The molecule has 1 unspecified atom stereocenters. The van der Waals surface area contributed by atoms with Gasteiger partial charge in [0.1, 0.15) is 5.82 Å². The fourth-order valence-electron chi connectivity index (χ4n) is 2.19. The number of likely N-dealkylation sites (N-methyl/N-ethyl adjacent to an activating group) is 1. The van der Waals surface area contributed by atoms with Crippen LogP contribution in [0, 0.1) is 5.82 Å². The lowest BCUT2D eigenvalue weighted by atomic mass is 10.1. The molecule has 0 saturated carbocycles. The molecule has 1 aromatic heterocycles. The summed E-state index contributed by atoms with van der Waals surface area (Å²) in [5.74, 6) is -0.184. The molecule has 2 aromatic rings. The van der Waals surface area contributed by atoms with Gasteiger partial charge in [-0.15, -0.1) is 0 Å². The first-order valence-electron chi connectivity index (χ1n) is 6.24. The highest BCUT2D eigenvalue weighted by molar-refractivity contribution is 5.18. The summed E-state index contributed by atoms with van der Waals surface area (Å²) >= 11 is 0. The Bertz CT molecular complexity index is 538. The number of benzene rings is 1. The van der Waals surface area contributed by atoms with Crippen molar-refractivity contribution in [2.24, 2.45) is 12.8 Å². The van der Waals surface area contributed by atoms with E-state index in [-0.39, 0.29) is 11.9 Å². The molecule has 0 fully saturated rings. The number of nitrogens with zero attached hydrogens (tertiary/aromatic N) is 3. The largest absolute Gasteiger partial charge is 0.329 e. The van der Waals surface area contributed by atoms with Crippen LogP contribution in [-0.2, 0) is 13.6 Å². The molecule has 0 amide bonds. The highest BCUT2D eigenvalue weighted by Crippen LogP contribution is 2.20. The molecule has 0 bridgehead atoms. The van der Waals surface area contributed by atoms with Crippen molar-refractivity contribution in [1.29, 1.82) is 0 Å². The normalized spacial score (nSPS) is 12.9. The molecule has 5 heteroatoms. The Hall–Kier alpha value is -1.72. The fraction of sp³-hybridized carbons (Fsp3) is 0.357. The highest BCUT2D eigenvalue weighted by atomic mass is 19.1. The molecule has 102 valence electrons. The zero-order valence-corrected chi connectivity index (χ0v) is 11.3. The molecule has 0 spiro atoms. The Kier molecular flexibility index (Phi) is 4.29. The second-order valence-electron chi connectivity index (χ2n) is 4.71. The lowest BCUT2D eigenvalue weighted by Gasteiger charge is -2.26. The van der Waals surface area contributed by atoms with Crippen molar-refractivity contribution in [2.75, 3.05) is 13.6 Å². The van der Waals surface area contributed by atoms with Gasteiger partial charge in [-0.3, -0.25) is 9.58 Å². The number of aromatic nitrogens is 2. The van der Waals surface area contributed by atoms with Crippen LogP contribution in [-0.4, -0.2) is 28.3 Å². The number of hydrogen-bond donors (Lipinski definition) is 1. The molecule has 1 heterocycles.